The van der Waals surface area contributed by atoms with Gasteiger partial charge in [0.2, 0.25) is 0 Å². The van der Waals surface area contributed by atoms with Crippen LogP contribution in [0.5, 0.6) is 0 Å². The second-order valence-electron chi connectivity index (χ2n) is 5.02. The summed E-state index contributed by atoms with van der Waals surface area (Å²) in [4.78, 5) is 39.9. The second kappa shape index (κ2) is 6.90. The molecule has 122 valence electrons. The predicted octanol–water partition coefficient (Wildman–Crippen LogP) is -0.377. The first kappa shape index (κ1) is 15.7. The molecule has 1 aliphatic heterocycles. The van der Waals surface area contributed by atoms with Gasteiger partial charge in [-0.3, -0.25) is 19.6 Å². The number of nitrogens with one attached hydrogen (secondary N) is 2. The van der Waals surface area contributed by atoms with Crippen molar-refractivity contribution in [2.24, 2.45) is 0 Å². The molecule has 0 bridgehead atoms. The van der Waals surface area contributed by atoms with Gasteiger partial charge in [0, 0.05) is 24.2 Å². The van der Waals surface area contributed by atoms with Crippen LogP contribution in [0.2, 0.25) is 0 Å². The molecule has 8 nitrogen and oxygen atoms in total. The number of hydrazine groups is 1. The molecule has 9 heteroatoms. The van der Waals surface area contributed by atoms with E-state index in [1.54, 1.807) is 5.01 Å². The van der Waals surface area contributed by atoms with Crippen molar-refractivity contribution < 1.29 is 9.53 Å². The Balaban J connectivity index is 1.83. The summed E-state index contributed by atoms with van der Waals surface area (Å²) < 4.78 is 6.23. The number of carbonyl (C=O) groups excluding carboxylic acids is 1. The molecule has 0 aromatic carbocycles. The normalized spacial score (nSPS) is 15.5. The van der Waals surface area contributed by atoms with Crippen molar-refractivity contribution >= 4 is 17.2 Å². The lowest BCUT2D eigenvalue weighted by molar-refractivity contribution is 0.0125. The van der Waals surface area contributed by atoms with Gasteiger partial charge in [-0.15, -0.1) is 11.3 Å². The van der Waals surface area contributed by atoms with Crippen molar-refractivity contribution in [1.82, 2.24) is 20.0 Å². The summed E-state index contributed by atoms with van der Waals surface area (Å²) >= 11 is 1.44. The van der Waals surface area contributed by atoms with Gasteiger partial charge < -0.3 is 9.72 Å². The van der Waals surface area contributed by atoms with E-state index in [-0.39, 0.29) is 12.1 Å². The molecule has 1 amide bonds. The molecule has 2 aromatic heterocycles. The van der Waals surface area contributed by atoms with Crippen LogP contribution in [-0.4, -0.2) is 46.8 Å². The zero-order valence-electron chi connectivity index (χ0n) is 12.3. The molecule has 0 atom stereocenters. The zero-order chi connectivity index (χ0) is 16.2. The van der Waals surface area contributed by atoms with E-state index < -0.39 is 17.2 Å². The van der Waals surface area contributed by atoms with Crippen LogP contribution in [0.15, 0.2) is 33.3 Å². The fraction of sp³-hybridized carbons (Fsp3) is 0.357. The van der Waals surface area contributed by atoms with Gasteiger partial charge >= 0.3 is 5.69 Å². The highest BCUT2D eigenvalue weighted by molar-refractivity contribution is 7.09. The van der Waals surface area contributed by atoms with E-state index >= 15 is 0 Å². The summed E-state index contributed by atoms with van der Waals surface area (Å²) in [5, 5.41) is 3.56. The molecule has 1 fully saturated rings. The summed E-state index contributed by atoms with van der Waals surface area (Å²) in [5.74, 6) is -0.534. The molecule has 1 aliphatic rings. The topological polar surface area (TPSA) is 96.4 Å². The Morgan fingerprint density at radius 2 is 2.13 bits per heavy atom. The standard InChI is InChI=1S/C14H16N4O4S/c19-12(16-17-3-5-22-6-4-17)11-8-15-14(21)18(13(11)20)9-10-2-1-7-23-10/h1-2,7-8H,3-6,9H2,(H,15,21)(H,16,19). The molecular formula is C14H16N4O4S. The number of ether oxygens (including phenoxy) is 1. The van der Waals surface area contributed by atoms with Gasteiger partial charge in [0.25, 0.3) is 11.5 Å². The average molecular weight is 336 g/mol. The Bertz CT molecular complexity index is 790. The summed E-state index contributed by atoms with van der Waals surface area (Å²) in [7, 11) is 0. The Kier molecular flexibility index (Phi) is 4.70. The molecule has 0 aliphatic carbocycles. The highest BCUT2D eigenvalue weighted by Crippen LogP contribution is 2.08. The van der Waals surface area contributed by atoms with Crippen molar-refractivity contribution in [3.05, 3.63) is 55.0 Å². The highest BCUT2D eigenvalue weighted by Gasteiger charge is 2.19. The summed E-state index contributed by atoms with van der Waals surface area (Å²) in [6, 6.07) is 3.67. The van der Waals surface area contributed by atoms with E-state index in [0.717, 1.165) is 15.6 Å². The summed E-state index contributed by atoms with van der Waals surface area (Å²) in [6.45, 7) is 2.30. The van der Waals surface area contributed by atoms with Crippen molar-refractivity contribution in [2.45, 2.75) is 6.54 Å². The molecule has 0 saturated carbocycles. The van der Waals surface area contributed by atoms with Crippen LogP contribution in [0.4, 0.5) is 0 Å². The number of nitrogens with zero attached hydrogens (tertiary/aromatic N) is 2. The lowest BCUT2D eigenvalue weighted by Gasteiger charge is -2.26. The number of morpholine rings is 1. The van der Waals surface area contributed by atoms with Crippen LogP contribution in [0, 0.1) is 0 Å². The fourth-order valence-electron chi connectivity index (χ4n) is 2.25. The fourth-order valence-corrected chi connectivity index (χ4v) is 2.95. The van der Waals surface area contributed by atoms with Gasteiger partial charge in [0.05, 0.1) is 19.8 Å². The number of amides is 1. The number of H-pyrrole nitrogens is 1. The number of hydrogen-bond acceptors (Lipinski definition) is 6. The molecule has 1 saturated heterocycles. The number of aromatic amines is 1. The minimum atomic E-state index is -0.604. The molecule has 0 unspecified atom stereocenters. The maximum Gasteiger partial charge on any atom is 0.328 e. The van der Waals surface area contributed by atoms with Crippen molar-refractivity contribution in [2.75, 3.05) is 26.3 Å². The molecule has 0 spiro atoms. The van der Waals surface area contributed by atoms with Gasteiger partial charge in [-0.1, -0.05) is 6.07 Å². The molecule has 2 aromatic rings. The van der Waals surface area contributed by atoms with E-state index in [2.05, 4.69) is 10.4 Å². The highest BCUT2D eigenvalue weighted by atomic mass is 32.1. The maximum absolute atomic E-state index is 12.4. The van der Waals surface area contributed by atoms with Crippen LogP contribution in [-0.2, 0) is 11.3 Å². The molecule has 3 heterocycles. The van der Waals surface area contributed by atoms with Gasteiger partial charge in [-0.2, -0.15) is 0 Å². The molecule has 3 rings (SSSR count). The Morgan fingerprint density at radius 3 is 2.83 bits per heavy atom. The lowest BCUT2D eigenvalue weighted by Crippen LogP contribution is -2.50. The van der Waals surface area contributed by atoms with Crippen LogP contribution in [0.25, 0.3) is 0 Å². The number of thiophene rings is 1. The molecular weight excluding hydrogens is 320 g/mol. The van der Waals surface area contributed by atoms with Crippen LogP contribution in [0.3, 0.4) is 0 Å². The third kappa shape index (κ3) is 3.58. The second-order valence-corrected chi connectivity index (χ2v) is 6.05. The smallest absolute Gasteiger partial charge is 0.328 e. The van der Waals surface area contributed by atoms with Crippen molar-refractivity contribution in [1.29, 1.82) is 0 Å². The first-order valence-electron chi connectivity index (χ1n) is 7.14. The van der Waals surface area contributed by atoms with Crippen molar-refractivity contribution in [3.8, 4) is 0 Å². The quantitative estimate of drug-likeness (QED) is 0.794. The van der Waals surface area contributed by atoms with E-state index in [4.69, 9.17) is 4.74 Å². The van der Waals surface area contributed by atoms with E-state index in [0.29, 0.717) is 26.3 Å². The van der Waals surface area contributed by atoms with Gasteiger partial charge in [0.1, 0.15) is 5.56 Å². The maximum atomic E-state index is 12.4. The number of hydrogen-bond donors (Lipinski definition) is 2. The van der Waals surface area contributed by atoms with Crippen LogP contribution in [0.1, 0.15) is 15.2 Å². The van der Waals surface area contributed by atoms with E-state index in [1.165, 1.54) is 11.3 Å². The van der Waals surface area contributed by atoms with E-state index in [9.17, 15) is 14.4 Å². The minimum absolute atomic E-state index is 0.0901. The Morgan fingerprint density at radius 1 is 1.35 bits per heavy atom. The Hall–Kier alpha value is -2.23. The summed E-state index contributed by atoms with van der Waals surface area (Å²) in [6.07, 6.45) is 1.16. The lowest BCUT2D eigenvalue weighted by atomic mass is 10.3. The molecule has 23 heavy (non-hydrogen) atoms. The first-order chi connectivity index (χ1) is 11.1. The van der Waals surface area contributed by atoms with Crippen molar-refractivity contribution in [3.63, 3.8) is 0 Å². The van der Waals surface area contributed by atoms with Gasteiger partial charge in [-0.05, 0) is 11.4 Å². The zero-order valence-corrected chi connectivity index (χ0v) is 13.1. The van der Waals surface area contributed by atoms with E-state index in [1.807, 2.05) is 17.5 Å². The average Bonchev–Trinajstić information content (AvgIpc) is 3.05. The van der Waals surface area contributed by atoms with Gasteiger partial charge in [0.15, 0.2) is 0 Å². The number of carbonyl (C=O) groups is 1. The Labute approximate surface area is 135 Å². The van der Waals surface area contributed by atoms with Crippen LogP contribution >= 0.6 is 11.3 Å². The molecule has 2 N–H and O–H groups in total. The number of rotatable bonds is 4. The monoisotopic (exact) mass is 336 g/mol. The largest absolute Gasteiger partial charge is 0.379 e. The first-order valence-corrected chi connectivity index (χ1v) is 8.01. The SMILES string of the molecule is O=C(NN1CCOCC1)c1c[nH]c(=O)n(Cc2cccs2)c1=O. The van der Waals surface area contributed by atoms with Crippen LogP contribution < -0.4 is 16.7 Å². The third-order valence-corrected chi connectivity index (χ3v) is 4.33. The summed E-state index contributed by atoms with van der Waals surface area (Å²) in [5.41, 5.74) is 1.43. The third-order valence-electron chi connectivity index (χ3n) is 3.47. The minimum Gasteiger partial charge on any atom is -0.379 e. The molecule has 0 radical (unpaired) electrons. The number of aromatic nitrogens is 2. The van der Waals surface area contributed by atoms with Gasteiger partial charge in [-0.25, -0.2) is 9.80 Å². The predicted molar refractivity (Wildman–Crippen MR) is 84.6 cm³/mol.